The van der Waals surface area contributed by atoms with Gasteiger partial charge in [-0.2, -0.15) is 5.10 Å². The van der Waals surface area contributed by atoms with Gasteiger partial charge in [-0.15, -0.1) is 0 Å². The van der Waals surface area contributed by atoms with E-state index in [0.717, 1.165) is 55.2 Å². The number of benzene rings is 1. The molecule has 3 heterocycles. The molecule has 0 amide bonds. The molecule has 2 fully saturated rings. The minimum absolute atomic E-state index is 0.243. The Hall–Kier alpha value is -4.01. The summed E-state index contributed by atoms with van der Waals surface area (Å²) in [7, 11) is 0. The number of anilines is 2. The fraction of sp³-hybridized carbons (Fsp3) is 0.400. The van der Waals surface area contributed by atoms with Crippen LogP contribution in [0.4, 0.5) is 16.2 Å². The van der Waals surface area contributed by atoms with Crippen LogP contribution in [0.3, 0.4) is 0 Å². The Morgan fingerprint density at radius 2 is 1.67 bits per heavy atom. The summed E-state index contributed by atoms with van der Waals surface area (Å²) in [6.07, 6.45) is 10.7. The Morgan fingerprint density at radius 1 is 0.974 bits per heavy atom. The smallest absolute Gasteiger partial charge is 0.341 e. The quantitative estimate of drug-likeness (QED) is 0.253. The summed E-state index contributed by atoms with van der Waals surface area (Å²) in [5.41, 5.74) is 4.12. The first-order valence-corrected chi connectivity index (χ1v) is 14.0. The van der Waals surface area contributed by atoms with Crippen molar-refractivity contribution in [2.45, 2.75) is 70.4 Å². The van der Waals surface area contributed by atoms with Gasteiger partial charge in [0, 0.05) is 23.8 Å². The fourth-order valence-corrected chi connectivity index (χ4v) is 5.77. The fourth-order valence-electron chi connectivity index (χ4n) is 5.77. The monoisotopic (exact) mass is 528 g/mol. The Balaban J connectivity index is 1.53. The maximum absolute atomic E-state index is 13.9. The molecule has 0 radical (unpaired) electrons. The molecule has 0 unspecified atom stereocenters. The van der Waals surface area contributed by atoms with Gasteiger partial charge in [-0.1, -0.05) is 25.7 Å². The molecule has 8 nitrogen and oxygen atoms in total. The van der Waals surface area contributed by atoms with Crippen LogP contribution in [0.25, 0.3) is 28.0 Å². The molecule has 1 aromatic carbocycles. The molecule has 0 aliphatic heterocycles. The van der Waals surface area contributed by atoms with Crippen molar-refractivity contribution >= 4 is 23.3 Å². The molecule has 2 aliphatic rings. The average Bonchev–Trinajstić information content (AvgIpc) is 3.71. The maximum Gasteiger partial charge on any atom is 0.341 e. The van der Waals surface area contributed by atoms with E-state index in [9.17, 15) is 9.18 Å². The molecule has 39 heavy (non-hydrogen) atoms. The third-order valence-corrected chi connectivity index (χ3v) is 7.71. The van der Waals surface area contributed by atoms with Gasteiger partial charge in [0.1, 0.15) is 22.9 Å². The molecular formula is C30H33FN6O2. The van der Waals surface area contributed by atoms with Crippen LogP contribution in [0, 0.1) is 5.82 Å². The summed E-state index contributed by atoms with van der Waals surface area (Å²) >= 11 is 0. The second-order valence-corrected chi connectivity index (χ2v) is 10.4. The lowest BCUT2D eigenvalue weighted by molar-refractivity contribution is 0.0527. The molecule has 9 heteroatoms. The first-order valence-electron chi connectivity index (χ1n) is 14.0. The van der Waals surface area contributed by atoms with Crippen LogP contribution in [0.1, 0.15) is 68.6 Å². The lowest BCUT2D eigenvalue weighted by Gasteiger charge is -2.18. The van der Waals surface area contributed by atoms with Crippen LogP contribution in [0.5, 0.6) is 0 Å². The summed E-state index contributed by atoms with van der Waals surface area (Å²) in [6, 6.07) is 12.5. The molecule has 0 saturated heterocycles. The minimum Gasteiger partial charge on any atom is -0.462 e. The van der Waals surface area contributed by atoms with Crippen LogP contribution in [0.2, 0.25) is 0 Å². The molecule has 2 saturated carbocycles. The molecule has 0 bridgehead atoms. The number of halogens is 1. The zero-order valence-corrected chi connectivity index (χ0v) is 22.1. The number of ether oxygens (including phenoxy) is 1. The molecule has 2 aliphatic carbocycles. The number of nitrogens with zero attached hydrogens (tertiary/aromatic N) is 4. The Labute approximate surface area is 227 Å². The third-order valence-electron chi connectivity index (χ3n) is 7.71. The standard InChI is InChI=1S/C30H33FN6O2/c1-2-39-29(38)23-15-16-25-26(24-17-18-32-30(35-24)34-22-9-5-6-10-22)27(19-11-13-20(31)14-12-19)36-37(25)28(23)33-21-7-3-4-8-21/h11-18,21-22,33H,2-10H2,1H3,(H,32,34,35). The van der Waals surface area contributed by atoms with E-state index in [1.54, 1.807) is 35.8 Å². The van der Waals surface area contributed by atoms with Crippen molar-refractivity contribution in [3.8, 4) is 22.5 Å². The Bertz CT molecular complexity index is 1470. The van der Waals surface area contributed by atoms with Crippen molar-refractivity contribution in [3.63, 3.8) is 0 Å². The Kier molecular flexibility index (Phi) is 7.13. The zero-order chi connectivity index (χ0) is 26.8. The number of nitrogens with one attached hydrogen (secondary N) is 2. The summed E-state index contributed by atoms with van der Waals surface area (Å²) in [5, 5.41) is 12.1. The SMILES string of the molecule is CCOC(=O)c1ccc2c(-c3ccnc(NC4CCCC4)n3)c(-c3ccc(F)cc3)nn2c1NC1CCCC1. The highest BCUT2D eigenvalue weighted by Crippen LogP contribution is 2.37. The van der Waals surface area contributed by atoms with Crippen molar-refractivity contribution in [3.05, 3.63) is 60.0 Å². The van der Waals surface area contributed by atoms with Gasteiger partial charge in [-0.25, -0.2) is 23.7 Å². The van der Waals surface area contributed by atoms with E-state index in [0.29, 0.717) is 34.8 Å². The van der Waals surface area contributed by atoms with Crippen LogP contribution >= 0.6 is 0 Å². The highest BCUT2D eigenvalue weighted by Gasteiger charge is 2.26. The topological polar surface area (TPSA) is 93.4 Å². The molecule has 2 N–H and O–H groups in total. The first-order chi connectivity index (χ1) is 19.1. The number of esters is 1. The molecule has 202 valence electrons. The van der Waals surface area contributed by atoms with Gasteiger partial charge in [0.05, 0.1) is 23.4 Å². The van der Waals surface area contributed by atoms with Crippen LogP contribution in [0.15, 0.2) is 48.7 Å². The molecule has 0 spiro atoms. The number of carbonyl (C=O) groups is 1. The molecule has 4 aromatic rings. The number of rotatable bonds is 8. The predicted octanol–water partition coefficient (Wildman–Crippen LogP) is 6.48. The number of hydrogen-bond acceptors (Lipinski definition) is 7. The number of aromatic nitrogens is 4. The van der Waals surface area contributed by atoms with E-state index in [2.05, 4.69) is 15.6 Å². The number of hydrogen-bond donors (Lipinski definition) is 2. The summed E-state index contributed by atoms with van der Waals surface area (Å²) < 4.78 is 21.0. The van der Waals surface area contributed by atoms with Gasteiger partial charge in [-0.05, 0) is 75.1 Å². The van der Waals surface area contributed by atoms with E-state index in [1.807, 2.05) is 12.1 Å². The second-order valence-electron chi connectivity index (χ2n) is 10.4. The predicted molar refractivity (Wildman–Crippen MR) is 149 cm³/mol. The normalized spacial score (nSPS) is 16.2. The van der Waals surface area contributed by atoms with Crippen molar-refractivity contribution in [1.82, 2.24) is 19.6 Å². The van der Waals surface area contributed by atoms with E-state index < -0.39 is 5.97 Å². The van der Waals surface area contributed by atoms with Crippen molar-refractivity contribution in [1.29, 1.82) is 0 Å². The summed E-state index contributed by atoms with van der Waals surface area (Å²) in [4.78, 5) is 22.4. The highest BCUT2D eigenvalue weighted by molar-refractivity contribution is 5.98. The lowest BCUT2D eigenvalue weighted by Crippen LogP contribution is -2.21. The van der Waals surface area contributed by atoms with E-state index >= 15 is 0 Å². The third kappa shape index (κ3) is 5.17. The van der Waals surface area contributed by atoms with E-state index in [1.165, 1.54) is 25.0 Å². The highest BCUT2D eigenvalue weighted by atomic mass is 19.1. The number of carbonyl (C=O) groups excluding carboxylic acids is 1. The number of fused-ring (bicyclic) bond motifs is 1. The van der Waals surface area contributed by atoms with Gasteiger partial charge in [0.15, 0.2) is 0 Å². The minimum atomic E-state index is -0.398. The summed E-state index contributed by atoms with van der Waals surface area (Å²) in [6.45, 7) is 2.08. The average molecular weight is 529 g/mol. The molecule has 3 aromatic heterocycles. The van der Waals surface area contributed by atoms with Gasteiger partial charge in [0.25, 0.3) is 0 Å². The van der Waals surface area contributed by atoms with E-state index in [4.69, 9.17) is 14.8 Å². The Morgan fingerprint density at radius 3 is 2.36 bits per heavy atom. The lowest BCUT2D eigenvalue weighted by atomic mass is 10.0. The van der Waals surface area contributed by atoms with Gasteiger partial charge >= 0.3 is 5.97 Å². The van der Waals surface area contributed by atoms with Gasteiger partial charge < -0.3 is 15.4 Å². The van der Waals surface area contributed by atoms with Gasteiger partial charge in [-0.3, -0.25) is 0 Å². The molecule has 6 rings (SSSR count). The largest absolute Gasteiger partial charge is 0.462 e. The van der Waals surface area contributed by atoms with Crippen molar-refractivity contribution < 1.29 is 13.9 Å². The summed E-state index contributed by atoms with van der Waals surface area (Å²) in [5.74, 6) is 0.467. The number of pyridine rings is 1. The van der Waals surface area contributed by atoms with Crippen molar-refractivity contribution in [2.24, 2.45) is 0 Å². The zero-order valence-electron chi connectivity index (χ0n) is 22.1. The van der Waals surface area contributed by atoms with Crippen LogP contribution in [-0.2, 0) is 4.74 Å². The van der Waals surface area contributed by atoms with Gasteiger partial charge in [0.2, 0.25) is 5.95 Å². The van der Waals surface area contributed by atoms with Crippen LogP contribution < -0.4 is 10.6 Å². The van der Waals surface area contributed by atoms with Crippen LogP contribution in [-0.4, -0.2) is 44.2 Å². The maximum atomic E-state index is 13.9. The molecule has 0 atom stereocenters. The van der Waals surface area contributed by atoms with Crippen molar-refractivity contribution in [2.75, 3.05) is 17.2 Å². The molecular weight excluding hydrogens is 495 g/mol. The first kappa shape index (κ1) is 25.3. The van der Waals surface area contributed by atoms with E-state index in [-0.39, 0.29) is 18.5 Å². The second kappa shape index (κ2) is 11.0.